The van der Waals surface area contributed by atoms with E-state index in [1.54, 1.807) is 6.20 Å². The van der Waals surface area contributed by atoms with Crippen molar-refractivity contribution < 1.29 is 5.11 Å². The first-order valence-corrected chi connectivity index (χ1v) is 6.64. The minimum atomic E-state index is -0.123. The maximum atomic E-state index is 9.63. The number of pyridine rings is 1. The van der Waals surface area contributed by atoms with Crippen LogP contribution in [0, 0.1) is 0 Å². The monoisotopic (exact) mass is 264 g/mol. The third-order valence-corrected chi connectivity index (χ3v) is 3.33. The first-order valence-electron chi connectivity index (χ1n) is 6.64. The highest BCUT2D eigenvalue weighted by Crippen LogP contribution is 2.22. The topological polar surface area (TPSA) is 45.1 Å². The summed E-state index contributed by atoms with van der Waals surface area (Å²) < 4.78 is 0. The van der Waals surface area contributed by atoms with Crippen molar-refractivity contribution in [3.8, 4) is 0 Å². The number of rotatable bonds is 4. The fourth-order valence-electron chi connectivity index (χ4n) is 2.28. The fraction of sp³-hybridized carbons (Fsp3) is 0.118. The molecule has 0 fully saturated rings. The van der Waals surface area contributed by atoms with Crippen molar-refractivity contribution in [2.75, 3.05) is 11.9 Å². The molecule has 0 saturated heterocycles. The SMILES string of the molecule is OCC(Nc1ccccc1)c1ccc2ncccc2c1. The number of hydrogen-bond donors (Lipinski definition) is 2. The van der Waals surface area contributed by atoms with Gasteiger partial charge in [-0.25, -0.2) is 0 Å². The largest absolute Gasteiger partial charge is 0.394 e. The Hall–Kier alpha value is -2.39. The Kier molecular flexibility index (Phi) is 3.61. The lowest BCUT2D eigenvalue weighted by Crippen LogP contribution is -2.14. The van der Waals surface area contributed by atoms with Crippen molar-refractivity contribution in [2.24, 2.45) is 0 Å². The minimum absolute atomic E-state index is 0.0423. The Labute approximate surface area is 117 Å². The van der Waals surface area contributed by atoms with Crippen molar-refractivity contribution in [2.45, 2.75) is 6.04 Å². The van der Waals surface area contributed by atoms with Crippen LogP contribution in [0.1, 0.15) is 11.6 Å². The van der Waals surface area contributed by atoms with E-state index in [2.05, 4.69) is 16.4 Å². The van der Waals surface area contributed by atoms with Gasteiger partial charge < -0.3 is 10.4 Å². The highest BCUT2D eigenvalue weighted by Gasteiger charge is 2.10. The molecule has 3 aromatic rings. The van der Waals surface area contributed by atoms with Gasteiger partial charge in [0.1, 0.15) is 0 Å². The number of para-hydroxylation sites is 1. The summed E-state index contributed by atoms with van der Waals surface area (Å²) in [7, 11) is 0. The van der Waals surface area contributed by atoms with Crippen LogP contribution in [0.25, 0.3) is 10.9 Å². The number of nitrogens with one attached hydrogen (secondary N) is 1. The molecule has 0 aliphatic carbocycles. The summed E-state index contributed by atoms with van der Waals surface area (Å²) in [6.07, 6.45) is 1.79. The van der Waals surface area contributed by atoms with Crippen molar-refractivity contribution in [1.82, 2.24) is 4.98 Å². The summed E-state index contributed by atoms with van der Waals surface area (Å²) in [4.78, 5) is 4.31. The number of hydrogen-bond acceptors (Lipinski definition) is 3. The lowest BCUT2D eigenvalue weighted by Gasteiger charge is -2.18. The van der Waals surface area contributed by atoms with Crippen LogP contribution in [0.15, 0.2) is 66.9 Å². The zero-order chi connectivity index (χ0) is 13.8. The van der Waals surface area contributed by atoms with E-state index in [9.17, 15) is 5.11 Å². The average Bonchev–Trinajstić information content (AvgIpc) is 2.53. The molecule has 2 aromatic carbocycles. The zero-order valence-electron chi connectivity index (χ0n) is 11.0. The molecule has 0 aliphatic heterocycles. The molecule has 0 spiro atoms. The molecule has 0 amide bonds. The molecule has 0 saturated carbocycles. The van der Waals surface area contributed by atoms with E-state index in [1.807, 2.05) is 54.6 Å². The summed E-state index contributed by atoms with van der Waals surface area (Å²) >= 11 is 0. The summed E-state index contributed by atoms with van der Waals surface area (Å²) in [6, 6.07) is 19.8. The van der Waals surface area contributed by atoms with Crippen LogP contribution in [0.4, 0.5) is 5.69 Å². The molecule has 2 N–H and O–H groups in total. The average molecular weight is 264 g/mol. The summed E-state index contributed by atoms with van der Waals surface area (Å²) in [6.45, 7) is 0.0423. The lowest BCUT2D eigenvalue weighted by molar-refractivity contribution is 0.276. The van der Waals surface area contributed by atoms with E-state index in [0.29, 0.717) is 0 Å². The van der Waals surface area contributed by atoms with Crippen LogP contribution < -0.4 is 5.32 Å². The van der Waals surface area contributed by atoms with Gasteiger partial charge in [-0.3, -0.25) is 4.98 Å². The van der Waals surface area contributed by atoms with Crippen LogP contribution in [0.5, 0.6) is 0 Å². The Balaban J connectivity index is 1.91. The quantitative estimate of drug-likeness (QED) is 0.759. The normalized spacial score (nSPS) is 12.2. The van der Waals surface area contributed by atoms with Crippen molar-refractivity contribution in [3.63, 3.8) is 0 Å². The highest BCUT2D eigenvalue weighted by molar-refractivity contribution is 5.79. The van der Waals surface area contributed by atoms with Gasteiger partial charge in [-0.15, -0.1) is 0 Å². The fourth-order valence-corrected chi connectivity index (χ4v) is 2.28. The van der Waals surface area contributed by atoms with Gasteiger partial charge in [-0.2, -0.15) is 0 Å². The highest BCUT2D eigenvalue weighted by atomic mass is 16.3. The number of fused-ring (bicyclic) bond motifs is 1. The molecule has 0 radical (unpaired) electrons. The molecule has 1 heterocycles. The van der Waals surface area contributed by atoms with Gasteiger partial charge in [-0.1, -0.05) is 30.3 Å². The standard InChI is InChI=1S/C17H16N2O/c20-12-17(19-15-6-2-1-3-7-15)14-8-9-16-13(11-14)5-4-10-18-16/h1-11,17,19-20H,12H2. The van der Waals surface area contributed by atoms with E-state index in [0.717, 1.165) is 22.2 Å². The van der Waals surface area contributed by atoms with Crippen molar-refractivity contribution >= 4 is 16.6 Å². The second-order valence-corrected chi connectivity index (χ2v) is 4.70. The number of aliphatic hydroxyl groups is 1. The molecule has 3 rings (SSSR count). The van der Waals surface area contributed by atoms with E-state index >= 15 is 0 Å². The Bertz CT molecular complexity index is 697. The predicted molar refractivity (Wildman–Crippen MR) is 81.6 cm³/mol. The molecule has 3 nitrogen and oxygen atoms in total. The van der Waals surface area contributed by atoms with Gasteiger partial charge in [0.2, 0.25) is 0 Å². The summed E-state index contributed by atoms with van der Waals surface area (Å²) in [5.41, 5.74) is 3.02. The van der Waals surface area contributed by atoms with Gasteiger partial charge in [0.05, 0.1) is 18.2 Å². The maximum Gasteiger partial charge on any atom is 0.0745 e. The Morgan fingerprint density at radius 2 is 1.85 bits per heavy atom. The van der Waals surface area contributed by atoms with Gasteiger partial charge in [0.15, 0.2) is 0 Å². The van der Waals surface area contributed by atoms with Gasteiger partial charge in [-0.05, 0) is 35.9 Å². The molecule has 1 unspecified atom stereocenters. The molecule has 1 aromatic heterocycles. The smallest absolute Gasteiger partial charge is 0.0745 e. The lowest BCUT2D eigenvalue weighted by atomic mass is 10.0. The van der Waals surface area contributed by atoms with E-state index in [1.165, 1.54) is 0 Å². The van der Waals surface area contributed by atoms with Crippen LogP contribution in [-0.2, 0) is 0 Å². The van der Waals surface area contributed by atoms with Crippen molar-refractivity contribution in [1.29, 1.82) is 0 Å². The van der Waals surface area contributed by atoms with Crippen LogP contribution >= 0.6 is 0 Å². The van der Waals surface area contributed by atoms with Gasteiger partial charge in [0.25, 0.3) is 0 Å². The van der Waals surface area contributed by atoms with E-state index in [-0.39, 0.29) is 12.6 Å². The Morgan fingerprint density at radius 3 is 2.65 bits per heavy atom. The molecule has 100 valence electrons. The molecule has 3 heteroatoms. The molecular weight excluding hydrogens is 248 g/mol. The molecular formula is C17H16N2O. The van der Waals surface area contributed by atoms with Gasteiger partial charge in [0, 0.05) is 17.3 Å². The number of nitrogens with zero attached hydrogens (tertiary/aromatic N) is 1. The summed E-state index contributed by atoms with van der Waals surface area (Å²) in [5.74, 6) is 0. The molecule has 0 bridgehead atoms. The minimum Gasteiger partial charge on any atom is -0.394 e. The van der Waals surface area contributed by atoms with Gasteiger partial charge >= 0.3 is 0 Å². The third kappa shape index (κ3) is 2.63. The van der Waals surface area contributed by atoms with Crippen LogP contribution in [0.3, 0.4) is 0 Å². The maximum absolute atomic E-state index is 9.63. The molecule has 1 atom stereocenters. The zero-order valence-corrected chi connectivity index (χ0v) is 11.0. The van der Waals surface area contributed by atoms with Crippen molar-refractivity contribution in [3.05, 3.63) is 72.4 Å². The van der Waals surface area contributed by atoms with E-state index in [4.69, 9.17) is 0 Å². The molecule has 0 aliphatic rings. The molecule has 20 heavy (non-hydrogen) atoms. The van der Waals surface area contributed by atoms with Crippen LogP contribution in [-0.4, -0.2) is 16.7 Å². The second-order valence-electron chi connectivity index (χ2n) is 4.70. The number of aliphatic hydroxyl groups excluding tert-OH is 1. The first kappa shape index (κ1) is 12.6. The Morgan fingerprint density at radius 1 is 1.00 bits per heavy atom. The number of benzene rings is 2. The number of aromatic nitrogens is 1. The predicted octanol–water partition coefficient (Wildman–Crippen LogP) is 3.38. The first-order chi connectivity index (χ1) is 9.86. The number of anilines is 1. The van der Waals surface area contributed by atoms with Crippen LogP contribution in [0.2, 0.25) is 0 Å². The third-order valence-electron chi connectivity index (χ3n) is 3.33. The van der Waals surface area contributed by atoms with E-state index < -0.39 is 0 Å². The second kappa shape index (κ2) is 5.72. The summed E-state index contributed by atoms with van der Waals surface area (Å²) in [5, 5.41) is 14.1.